The molecule has 0 aromatic heterocycles. The molecular formula is C23H41NOS2. The minimum absolute atomic E-state index is 0.328. The standard InChI is InChI=1S/C23H41NOS2/c1-17-9-15-27-21-8-11-23(2)19(18(21)10-14-26(27)16-17)6-7-20(23)22(25)24-12-4-3-5-13-24/h17-21,26-27H,3-16H2,1-2H3/t17?,18?,19?,20-,21?,23?/m1/s1. The van der Waals surface area contributed by atoms with E-state index in [9.17, 15) is 4.79 Å². The van der Waals surface area contributed by atoms with Crippen molar-refractivity contribution in [3.05, 3.63) is 0 Å². The van der Waals surface area contributed by atoms with Gasteiger partial charge < -0.3 is 4.90 Å². The van der Waals surface area contributed by atoms with Gasteiger partial charge in [-0.2, -0.15) is 0 Å². The normalized spacial score (nSPS) is 52.5. The van der Waals surface area contributed by atoms with Crippen molar-refractivity contribution >= 4 is 25.8 Å². The third-order valence-corrected chi connectivity index (χ3v) is 18.6. The van der Waals surface area contributed by atoms with Gasteiger partial charge in [0.2, 0.25) is 5.91 Å². The second-order valence-corrected chi connectivity index (χ2v) is 17.7. The summed E-state index contributed by atoms with van der Waals surface area (Å²) in [5, 5.41) is 1.09. The molecule has 7 unspecified atom stereocenters. The average Bonchev–Trinajstić information content (AvgIpc) is 3.05. The summed E-state index contributed by atoms with van der Waals surface area (Å²) in [7, 11) is 0.744. The lowest BCUT2D eigenvalue weighted by Crippen LogP contribution is -2.50. The lowest BCUT2D eigenvalue weighted by Gasteiger charge is -2.59. The molecule has 5 aliphatic rings. The van der Waals surface area contributed by atoms with Crippen LogP contribution in [0.1, 0.15) is 71.6 Å². The highest BCUT2D eigenvalue weighted by Crippen LogP contribution is 2.72. The SMILES string of the molecule is CC1CC[SH]2C3CCC4(C)C(CC[C@@H]4C(=O)N4CCCCC4)C3CC[SH]2C1. The van der Waals surface area contributed by atoms with E-state index in [0.717, 1.165) is 36.1 Å². The Bertz CT molecular complexity index is 577. The van der Waals surface area contributed by atoms with E-state index in [2.05, 4.69) is 18.7 Å². The van der Waals surface area contributed by atoms with Crippen molar-refractivity contribution in [3.8, 4) is 0 Å². The number of likely N-dealkylation sites (tertiary alicyclic amines) is 1. The zero-order valence-electron chi connectivity index (χ0n) is 17.5. The molecule has 0 spiro atoms. The summed E-state index contributed by atoms with van der Waals surface area (Å²) in [5.41, 5.74) is 0.328. The number of carbonyl (C=O) groups excluding carboxylic acids is 1. The van der Waals surface area contributed by atoms with E-state index in [1.807, 2.05) is 0 Å². The second kappa shape index (κ2) is 7.45. The van der Waals surface area contributed by atoms with Crippen LogP contribution in [0.3, 0.4) is 0 Å². The van der Waals surface area contributed by atoms with Gasteiger partial charge in [-0.15, -0.1) is 0 Å². The molecule has 1 amide bonds. The smallest absolute Gasteiger partial charge is 0.226 e. The van der Waals surface area contributed by atoms with Crippen molar-refractivity contribution in [2.45, 2.75) is 76.9 Å². The summed E-state index contributed by atoms with van der Waals surface area (Å²) in [6.07, 6.45) is 12.2. The summed E-state index contributed by atoms with van der Waals surface area (Å²) in [4.78, 5) is 15.7. The fraction of sp³-hybridized carbons (Fsp3) is 0.957. The van der Waals surface area contributed by atoms with E-state index >= 15 is 0 Å². The molecule has 2 nitrogen and oxygen atoms in total. The molecule has 5 rings (SSSR count). The van der Waals surface area contributed by atoms with Crippen LogP contribution in [-0.4, -0.2) is 46.4 Å². The lowest BCUT2D eigenvalue weighted by atomic mass is 9.60. The van der Waals surface area contributed by atoms with Crippen molar-refractivity contribution in [1.29, 1.82) is 0 Å². The van der Waals surface area contributed by atoms with Crippen molar-refractivity contribution in [2.75, 3.05) is 30.3 Å². The van der Waals surface area contributed by atoms with Crippen LogP contribution in [-0.2, 0) is 4.79 Å². The third kappa shape index (κ3) is 3.20. The predicted octanol–water partition coefficient (Wildman–Crippen LogP) is 5.17. The number of piperidine rings is 1. The highest BCUT2D eigenvalue weighted by atomic mass is 33.2. The van der Waals surface area contributed by atoms with Crippen molar-refractivity contribution in [1.82, 2.24) is 4.90 Å². The highest BCUT2D eigenvalue weighted by Gasteiger charge is 2.58. The Morgan fingerprint density at radius 1 is 1.00 bits per heavy atom. The Balaban J connectivity index is 1.33. The fourth-order valence-corrected chi connectivity index (χ4v) is 18.7. The lowest BCUT2D eigenvalue weighted by molar-refractivity contribution is -0.141. The first-order valence-corrected chi connectivity index (χ1v) is 15.9. The van der Waals surface area contributed by atoms with E-state index in [0.29, 0.717) is 37.1 Å². The van der Waals surface area contributed by atoms with Crippen LogP contribution in [0.4, 0.5) is 0 Å². The van der Waals surface area contributed by atoms with E-state index in [1.165, 1.54) is 57.8 Å². The Morgan fingerprint density at radius 3 is 2.63 bits per heavy atom. The molecule has 156 valence electrons. The van der Waals surface area contributed by atoms with E-state index in [4.69, 9.17) is 0 Å². The monoisotopic (exact) mass is 411 g/mol. The maximum atomic E-state index is 13.4. The van der Waals surface area contributed by atoms with Gasteiger partial charge in [0.05, 0.1) is 0 Å². The van der Waals surface area contributed by atoms with Gasteiger partial charge >= 0.3 is 0 Å². The van der Waals surface area contributed by atoms with Crippen molar-refractivity contribution in [3.63, 3.8) is 0 Å². The molecule has 27 heavy (non-hydrogen) atoms. The van der Waals surface area contributed by atoms with Gasteiger partial charge in [0, 0.05) is 19.0 Å². The summed E-state index contributed by atoms with van der Waals surface area (Å²) >= 11 is 0. The third-order valence-electron chi connectivity index (χ3n) is 9.21. The van der Waals surface area contributed by atoms with Crippen LogP contribution in [0.2, 0.25) is 0 Å². The zero-order valence-corrected chi connectivity index (χ0v) is 19.3. The molecule has 4 heteroatoms. The van der Waals surface area contributed by atoms with Crippen molar-refractivity contribution < 1.29 is 4.79 Å². The highest BCUT2D eigenvalue weighted by molar-refractivity contribution is 8.93. The van der Waals surface area contributed by atoms with Crippen LogP contribution >= 0.6 is 19.9 Å². The molecule has 8 atom stereocenters. The fourth-order valence-electron chi connectivity index (χ4n) is 7.72. The van der Waals surface area contributed by atoms with Gasteiger partial charge in [0.25, 0.3) is 0 Å². The molecule has 0 aromatic rings. The molecule has 3 heterocycles. The average molecular weight is 412 g/mol. The minimum atomic E-state index is 0.328. The summed E-state index contributed by atoms with van der Waals surface area (Å²) in [5.74, 6) is 8.56. The van der Waals surface area contributed by atoms with E-state index < -0.39 is 0 Å². The zero-order chi connectivity index (χ0) is 18.6. The van der Waals surface area contributed by atoms with Crippen LogP contribution < -0.4 is 0 Å². The molecule has 3 aliphatic heterocycles. The predicted molar refractivity (Wildman–Crippen MR) is 122 cm³/mol. The second-order valence-electron chi connectivity index (χ2n) is 10.7. The Hall–Kier alpha value is 0.170. The number of hydrogen-bond acceptors (Lipinski definition) is 1. The van der Waals surface area contributed by atoms with Crippen LogP contribution in [0.5, 0.6) is 0 Å². The molecule has 0 N–H and O–H groups in total. The number of carbonyl (C=O) groups is 1. The number of rotatable bonds is 1. The Labute approximate surface area is 171 Å². The molecule has 5 fully saturated rings. The quantitative estimate of drug-likeness (QED) is 0.450. The molecule has 2 aliphatic carbocycles. The van der Waals surface area contributed by atoms with Gasteiger partial charge in [-0.1, -0.05) is 13.8 Å². The molecule has 3 saturated heterocycles. The number of nitrogens with zero attached hydrogens (tertiary/aromatic N) is 1. The Kier molecular flexibility index (Phi) is 5.29. The van der Waals surface area contributed by atoms with Gasteiger partial charge in [0.15, 0.2) is 0 Å². The molecule has 0 aromatic carbocycles. The number of amides is 1. The first-order valence-electron chi connectivity index (χ1n) is 11.9. The van der Waals surface area contributed by atoms with Gasteiger partial charge in [-0.25, -0.2) is 19.9 Å². The minimum Gasteiger partial charge on any atom is -0.342 e. The maximum absolute atomic E-state index is 13.4. The Morgan fingerprint density at radius 2 is 1.81 bits per heavy atom. The summed E-state index contributed by atoms with van der Waals surface area (Å²) in [6.45, 7) is 7.12. The number of hydrogen-bond donors (Lipinski definition) is 2. The van der Waals surface area contributed by atoms with E-state index in [1.54, 1.807) is 17.3 Å². The molecule has 2 saturated carbocycles. The number of fused-ring (bicyclic) bond motifs is 5. The van der Waals surface area contributed by atoms with E-state index in [-0.39, 0.29) is 0 Å². The van der Waals surface area contributed by atoms with Crippen molar-refractivity contribution in [2.24, 2.45) is 29.1 Å². The van der Waals surface area contributed by atoms with Crippen LogP contribution in [0.25, 0.3) is 0 Å². The molecular weight excluding hydrogens is 370 g/mol. The summed E-state index contributed by atoms with van der Waals surface area (Å²) in [6, 6.07) is 0. The largest absolute Gasteiger partial charge is 0.342 e. The first kappa shape index (κ1) is 19.2. The summed E-state index contributed by atoms with van der Waals surface area (Å²) < 4.78 is 0. The maximum Gasteiger partial charge on any atom is 0.226 e. The van der Waals surface area contributed by atoms with Gasteiger partial charge in [0.1, 0.15) is 0 Å². The van der Waals surface area contributed by atoms with Crippen LogP contribution in [0, 0.1) is 29.1 Å². The molecule has 0 bridgehead atoms. The first-order chi connectivity index (χ1) is 13.1. The number of thiol groups is 2. The van der Waals surface area contributed by atoms with Gasteiger partial charge in [-0.3, -0.25) is 4.79 Å². The van der Waals surface area contributed by atoms with Crippen LogP contribution in [0.15, 0.2) is 0 Å². The van der Waals surface area contributed by atoms with Gasteiger partial charge in [-0.05, 0) is 103 Å². The molecule has 0 radical (unpaired) electrons. The topological polar surface area (TPSA) is 20.3 Å².